The number of para-hydroxylation sites is 1. The first-order chi connectivity index (χ1) is 10.7. The minimum absolute atomic E-state index is 0.0146. The third-order valence-corrected chi connectivity index (χ3v) is 3.45. The molecule has 22 heavy (non-hydrogen) atoms. The lowest BCUT2D eigenvalue weighted by atomic mass is 10.1. The van der Waals surface area contributed by atoms with Gasteiger partial charge in [0, 0.05) is 17.5 Å². The first-order valence-corrected chi connectivity index (χ1v) is 7.23. The van der Waals surface area contributed by atoms with Crippen molar-refractivity contribution < 1.29 is 9.84 Å². The van der Waals surface area contributed by atoms with E-state index >= 15 is 0 Å². The van der Waals surface area contributed by atoms with Crippen molar-refractivity contribution in [2.75, 3.05) is 6.61 Å². The van der Waals surface area contributed by atoms with Gasteiger partial charge >= 0.3 is 0 Å². The molecule has 0 bridgehead atoms. The summed E-state index contributed by atoms with van der Waals surface area (Å²) >= 11 is 0. The smallest absolute Gasteiger partial charge is 0.219 e. The van der Waals surface area contributed by atoms with E-state index in [0.29, 0.717) is 12.3 Å². The van der Waals surface area contributed by atoms with Gasteiger partial charge in [0.15, 0.2) is 0 Å². The molecule has 0 spiro atoms. The fourth-order valence-electron chi connectivity index (χ4n) is 2.29. The van der Waals surface area contributed by atoms with Crippen LogP contribution >= 0.6 is 0 Å². The van der Waals surface area contributed by atoms with Crippen LogP contribution in [0, 0.1) is 0 Å². The minimum atomic E-state index is -0.228. The van der Waals surface area contributed by atoms with Crippen molar-refractivity contribution in [1.82, 2.24) is 4.98 Å². The normalized spacial score (nSPS) is 12.3. The molecule has 0 unspecified atom stereocenters. The van der Waals surface area contributed by atoms with Crippen LogP contribution in [0.4, 0.5) is 0 Å². The Hall–Kier alpha value is -2.43. The lowest BCUT2D eigenvalue weighted by Crippen LogP contribution is -2.26. The number of nitrogens with zero attached hydrogens (tertiary/aromatic N) is 1. The second-order valence-corrected chi connectivity index (χ2v) is 5.23. The van der Waals surface area contributed by atoms with Crippen molar-refractivity contribution in [3.8, 4) is 11.6 Å². The molecule has 1 heterocycles. The summed E-state index contributed by atoms with van der Waals surface area (Å²) in [5.41, 5.74) is 7.71. The van der Waals surface area contributed by atoms with Gasteiger partial charge in [-0.3, -0.25) is 0 Å². The zero-order valence-electron chi connectivity index (χ0n) is 12.1. The van der Waals surface area contributed by atoms with Crippen LogP contribution in [0.15, 0.2) is 60.7 Å². The molecule has 0 amide bonds. The first kappa shape index (κ1) is 14.5. The maximum absolute atomic E-state index is 8.97. The minimum Gasteiger partial charge on any atom is -0.439 e. The molecule has 0 aliphatic carbocycles. The number of hydrogen-bond donors (Lipinski definition) is 2. The highest BCUT2D eigenvalue weighted by atomic mass is 16.5. The third kappa shape index (κ3) is 3.42. The zero-order chi connectivity index (χ0) is 15.4. The average molecular weight is 294 g/mol. The number of nitrogens with two attached hydrogens (primary N) is 1. The van der Waals surface area contributed by atoms with E-state index in [1.807, 2.05) is 60.7 Å². The van der Waals surface area contributed by atoms with Crippen molar-refractivity contribution in [3.05, 3.63) is 66.2 Å². The van der Waals surface area contributed by atoms with E-state index < -0.39 is 0 Å². The number of ether oxygens (including phenoxy) is 1. The number of aromatic nitrogens is 1. The van der Waals surface area contributed by atoms with Crippen LogP contribution in [0.1, 0.15) is 5.56 Å². The number of pyridine rings is 1. The Bertz CT molecular complexity index is 756. The van der Waals surface area contributed by atoms with E-state index in [2.05, 4.69) is 4.98 Å². The summed E-state index contributed by atoms with van der Waals surface area (Å²) in [7, 11) is 0. The monoisotopic (exact) mass is 294 g/mol. The van der Waals surface area contributed by atoms with Gasteiger partial charge in [0.05, 0.1) is 12.1 Å². The van der Waals surface area contributed by atoms with Crippen molar-refractivity contribution in [2.45, 2.75) is 12.5 Å². The fraction of sp³-hybridized carbons (Fsp3) is 0.167. The molecule has 0 aliphatic heterocycles. The number of benzene rings is 2. The second kappa shape index (κ2) is 6.56. The van der Waals surface area contributed by atoms with Crippen molar-refractivity contribution in [2.24, 2.45) is 5.73 Å². The van der Waals surface area contributed by atoms with E-state index in [0.717, 1.165) is 22.2 Å². The van der Waals surface area contributed by atoms with Gasteiger partial charge in [-0.15, -0.1) is 0 Å². The van der Waals surface area contributed by atoms with Gasteiger partial charge in [0.1, 0.15) is 5.75 Å². The molecule has 4 heteroatoms. The number of aliphatic hydroxyl groups is 1. The SMILES string of the molecule is N[C@H](CO)Cc1ccc(Oc2ccc3ccccc3n2)cc1. The molecule has 0 aliphatic rings. The molecule has 2 aromatic carbocycles. The highest BCUT2D eigenvalue weighted by Gasteiger charge is 2.04. The highest BCUT2D eigenvalue weighted by Crippen LogP contribution is 2.22. The maximum atomic E-state index is 8.97. The van der Waals surface area contributed by atoms with Crippen LogP contribution in [-0.4, -0.2) is 22.7 Å². The molecule has 0 saturated heterocycles. The summed E-state index contributed by atoms with van der Waals surface area (Å²) in [6.45, 7) is -0.0146. The van der Waals surface area contributed by atoms with Crippen molar-refractivity contribution >= 4 is 10.9 Å². The Kier molecular flexibility index (Phi) is 4.32. The molecule has 0 fully saturated rings. The zero-order valence-corrected chi connectivity index (χ0v) is 12.1. The van der Waals surface area contributed by atoms with Crippen LogP contribution in [-0.2, 0) is 6.42 Å². The van der Waals surface area contributed by atoms with Gasteiger partial charge in [0.25, 0.3) is 0 Å². The number of aliphatic hydroxyl groups excluding tert-OH is 1. The lowest BCUT2D eigenvalue weighted by Gasteiger charge is -2.09. The van der Waals surface area contributed by atoms with E-state index in [-0.39, 0.29) is 12.6 Å². The van der Waals surface area contributed by atoms with Gasteiger partial charge in [-0.25, -0.2) is 4.98 Å². The van der Waals surface area contributed by atoms with Crippen LogP contribution in [0.2, 0.25) is 0 Å². The number of fused-ring (bicyclic) bond motifs is 1. The predicted octanol–water partition coefficient (Wildman–Crippen LogP) is 2.89. The number of hydrogen-bond acceptors (Lipinski definition) is 4. The summed E-state index contributed by atoms with van der Waals surface area (Å²) in [4.78, 5) is 4.48. The third-order valence-electron chi connectivity index (χ3n) is 3.45. The Balaban J connectivity index is 1.74. The van der Waals surface area contributed by atoms with Gasteiger partial charge in [0.2, 0.25) is 5.88 Å². The quantitative estimate of drug-likeness (QED) is 0.759. The Labute approximate surface area is 129 Å². The summed E-state index contributed by atoms with van der Waals surface area (Å²) in [6.07, 6.45) is 0.644. The molecule has 3 rings (SSSR count). The molecule has 112 valence electrons. The highest BCUT2D eigenvalue weighted by molar-refractivity contribution is 5.78. The van der Waals surface area contributed by atoms with E-state index in [4.69, 9.17) is 15.6 Å². The van der Waals surface area contributed by atoms with Gasteiger partial charge in [-0.05, 0) is 36.2 Å². The second-order valence-electron chi connectivity index (χ2n) is 5.23. The van der Waals surface area contributed by atoms with Gasteiger partial charge < -0.3 is 15.6 Å². The van der Waals surface area contributed by atoms with E-state index in [1.54, 1.807) is 0 Å². The number of rotatable bonds is 5. The largest absolute Gasteiger partial charge is 0.439 e. The molecule has 4 nitrogen and oxygen atoms in total. The summed E-state index contributed by atoms with van der Waals surface area (Å²) < 4.78 is 5.78. The molecule has 0 saturated carbocycles. The van der Waals surface area contributed by atoms with Crippen LogP contribution in [0.5, 0.6) is 11.6 Å². The van der Waals surface area contributed by atoms with E-state index in [9.17, 15) is 0 Å². The molecular formula is C18H18N2O2. The Morgan fingerprint density at radius 1 is 1.00 bits per heavy atom. The standard InChI is InChI=1S/C18H18N2O2/c19-15(12-21)11-13-5-8-16(9-6-13)22-18-10-7-14-3-1-2-4-17(14)20-18/h1-10,15,21H,11-12,19H2/t15-/m0/s1. The van der Waals surface area contributed by atoms with Crippen LogP contribution in [0.25, 0.3) is 10.9 Å². The molecule has 3 N–H and O–H groups in total. The maximum Gasteiger partial charge on any atom is 0.219 e. The lowest BCUT2D eigenvalue weighted by molar-refractivity contribution is 0.265. The summed E-state index contributed by atoms with van der Waals surface area (Å²) in [5, 5.41) is 10.1. The van der Waals surface area contributed by atoms with Crippen molar-refractivity contribution in [3.63, 3.8) is 0 Å². The summed E-state index contributed by atoms with van der Waals surface area (Å²) in [6, 6.07) is 19.2. The fourth-order valence-corrected chi connectivity index (χ4v) is 2.29. The molecular weight excluding hydrogens is 276 g/mol. The molecule has 1 aromatic heterocycles. The predicted molar refractivity (Wildman–Crippen MR) is 87.0 cm³/mol. The Morgan fingerprint density at radius 2 is 1.77 bits per heavy atom. The van der Waals surface area contributed by atoms with Gasteiger partial charge in [-0.2, -0.15) is 0 Å². The van der Waals surface area contributed by atoms with Crippen LogP contribution in [0.3, 0.4) is 0 Å². The molecule has 1 atom stereocenters. The van der Waals surface area contributed by atoms with Crippen molar-refractivity contribution in [1.29, 1.82) is 0 Å². The first-order valence-electron chi connectivity index (χ1n) is 7.23. The van der Waals surface area contributed by atoms with E-state index in [1.165, 1.54) is 0 Å². The van der Waals surface area contributed by atoms with Crippen LogP contribution < -0.4 is 10.5 Å². The average Bonchev–Trinajstić information content (AvgIpc) is 2.56. The topological polar surface area (TPSA) is 68.4 Å². The molecule has 3 aromatic rings. The Morgan fingerprint density at radius 3 is 2.55 bits per heavy atom. The molecule has 0 radical (unpaired) electrons. The van der Waals surface area contributed by atoms with Gasteiger partial charge in [-0.1, -0.05) is 30.3 Å². The summed E-state index contributed by atoms with van der Waals surface area (Å²) in [5.74, 6) is 1.29.